The second kappa shape index (κ2) is 6.12. The maximum absolute atomic E-state index is 13.2. The van der Waals surface area contributed by atoms with E-state index in [1.165, 1.54) is 12.1 Å². The number of rotatable bonds is 5. The Balaban J connectivity index is 1.92. The van der Waals surface area contributed by atoms with Crippen molar-refractivity contribution >= 4 is 0 Å². The largest absolute Gasteiger partial charge is 0.493 e. The molecule has 1 N–H and O–H groups in total. The Kier molecular flexibility index (Phi) is 4.25. The van der Waals surface area contributed by atoms with Crippen LogP contribution in [0.3, 0.4) is 0 Å². The lowest BCUT2D eigenvalue weighted by molar-refractivity contribution is 0.278. The van der Waals surface area contributed by atoms with Gasteiger partial charge in [0.2, 0.25) is 0 Å². The fourth-order valence-electron chi connectivity index (χ4n) is 1.61. The Labute approximate surface area is 105 Å². The molecule has 0 radical (unpaired) electrons. The monoisotopic (exact) mass is 247 g/mol. The SMILES string of the molecule is OCc1cc(F)cc(OCCc2ccccn2)c1. The van der Waals surface area contributed by atoms with E-state index in [2.05, 4.69) is 4.98 Å². The molecule has 0 unspecified atom stereocenters. The van der Waals surface area contributed by atoms with E-state index in [0.29, 0.717) is 24.3 Å². The zero-order valence-corrected chi connectivity index (χ0v) is 9.84. The lowest BCUT2D eigenvalue weighted by Crippen LogP contribution is -2.03. The number of halogens is 1. The van der Waals surface area contributed by atoms with E-state index in [0.717, 1.165) is 5.69 Å². The van der Waals surface area contributed by atoms with Crippen LogP contribution in [0, 0.1) is 5.82 Å². The number of benzene rings is 1. The van der Waals surface area contributed by atoms with Crippen LogP contribution in [0.2, 0.25) is 0 Å². The van der Waals surface area contributed by atoms with Crippen LogP contribution in [-0.4, -0.2) is 16.7 Å². The number of nitrogens with zero attached hydrogens (tertiary/aromatic N) is 1. The predicted octanol–water partition coefficient (Wildman–Crippen LogP) is 2.33. The smallest absolute Gasteiger partial charge is 0.127 e. The highest BCUT2D eigenvalue weighted by Gasteiger charge is 2.01. The zero-order valence-electron chi connectivity index (χ0n) is 9.84. The average Bonchev–Trinajstić information content (AvgIpc) is 2.39. The summed E-state index contributed by atoms with van der Waals surface area (Å²) in [6, 6.07) is 9.89. The van der Waals surface area contributed by atoms with Crippen molar-refractivity contribution in [3.05, 3.63) is 59.7 Å². The Morgan fingerprint density at radius 3 is 2.83 bits per heavy atom. The highest BCUT2D eigenvalue weighted by Crippen LogP contribution is 2.16. The van der Waals surface area contributed by atoms with Crippen molar-refractivity contribution in [2.75, 3.05) is 6.61 Å². The van der Waals surface area contributed by atoms with Crippen LogP contribution in [0.4, 0.5) is 4.39 Å². The van der Waals surface area contributed by atoms with E-state index in [1.54, 1.807) is 12.3 Å². The van der Waals surface area contributed by atoms with Crippen molar-refractivity contribution in [1.82, 2.24) is 4.98 Å². The van der Waals surface area contributed by atoms with Crippen molar-refractivity contribution in [3.63, 3.8) is 0 Å². The molecular formula is C14H14FNO2. The first kappa shape index (κ1) is 12.5. The molecule has 1 heterocycles. The number of hydrogen-bond acceptors (Lipinski definition) is 3. The zero-order chi connectivity index (χ0) is 12.8. The highest BCUT2D eigenvalue weighted by molar-refractivity contribution is 5.29. The minimum absolute atomic E-state index is 0.200. The van der Waals surface area contributed by atoms with Gasteiger partial charge in [-0.05, 0) is 29.8 Å². The van der Waals surface area contributed by atoms with E-state index in [4.69, 9.17) is 9.84 Å². The van der Waals surface area contributed by atoms with Crippen LogP contribution in [0.15, 0.2) is 42.6 Å². The van der Waals surface area contributed by atoms with Gasteiger partial charge < -0.3 is 9.84 Å². The second-order valence-electron chi connectivity index (χ2n) is 3.87. The summed E-state index contributed by atoms with van der Waals surface area (Å²) < 4.78 is 18.6. The van der Waals surface area contributed by atoms with Gasteiger partial charge in [0, 0.05) is 24.4 Å². The number of pyridine rings is 1. The summed E-state index contributed by atoms with van der Waals surface area (Å²) in [6.45, 7) is 0.222. The van der Waals surface area contributed by atoms with E-state index in [-0.39, 0.29) is 6.61 Å². The Morgan fingerprint density at radius 1 is 1.22 bits per heavy atom. The Morgan fingerprint density at radius 2 is 2.11 bits per heavy atom. The van der Waals surface area contributed by atoms with Crippen molar-refractivity contribution < 1.29 is 14.2 Å². The number of ether oxygens (including phenoxy) is 1. The fourth-order valence-corrected chi connectivity index (χ4v) is 1.61. The van der Waals surface area contributed by atoms with Gasteiger partial charge in [0.25, 0.3) is 0 Å². The molecule has 0 saturated carbocycles. The standard InChI is InChI=1S/C14H14FNO2/c15-12-7-11(10-17)8-14(9-12)18-6-4-13-3-1-2-5-16-13/h1-3,5,7-9,17H,4,6,10H2. The van der Waals surface area contributed by atoms with Crippen molar-refractivity contribution in [1.29, 1.82) is 0 Å². The summed E-state index contributed by atoms with van der Waals surface area (Å²) in [5, 5.41) is 8.96. The molecule has 0 aliphatic heterocycles. The molecule has 0 fully saturated rings. The fraction of sp³-hybridized carbons (Fsp3) is 0.214. The van der Waals surface area contributed by atoms with Gasteiger partial charge in [0.15, 0.2) is 0 Å². The molecule has 0 aliphatic rings. The summed E-state index contributed by atoms with van der Waals surface area (Å²) in [7, 11) is 0. The van der Waals surface area contributed by atoms with Gasteiger partial charge in [-0.15, -0.1) is 0 Å². The highest BCUT2D eigenvalue weighted by atomic mass is 19.1. The molecule has 18 heavy (non-hydrogen) atoms. The van der Waals surface area contributed by atoms with Crippen LogP contribution in [-0.2, 0) is 13.0 Å². The van der Waals surface area contributed by atoms with Crippen LogP contribution >= 0.6 is 0 Å². The average molecular weight is 247 g/mol. The summed E-state index contributed by atoms with van der Waals surface area (Å²) >= 11 is 0. The number of aromatic nitrogens is 1. The molecule has 2 aromatic rings. The van der Waals surface area contributed by atoms with Crippen LogP contribution < -0.4 is 4.74 Å². The second-order valence-corrected chi connectivity index (χ2v) is 3.87. The minimum atomic E-state index is -0.408. The predicted molar refractivity (Wildman–Crippen MR) is 65.8 cm³/mol. The van der Waals surface area contributed by atoms with Gasteiger partial charge in [0.1, 0.15) is 11.6 Å². The molecule has 4 heteroatoms. The van der Waals surface area contributed by atoms with Crippen LogP contribution in [0.1, 0.15) is 11.3 Å². The van der Waals surface area contributed by atoms with Gasteiger partial charge >= 0.3 is 0 Å². The van der Waals surface area contributed by atoms with Gasteiger partial charge in [-0.25, -0.2) is 4.39 Å². The molecule has 1 aromatic carbocycles. The van der Waals surface area contributed by atoms with E-state index >= 15 is 0 Å². The Hall–Kier alpha value is -1.94. The third kappa shape index (κ3) is 3.53. The van der Waals surface area contributed by atoms with Gasteiger partial charge in [-0.2, -0.15) is 0 Å². The number of aliphatic hydroxyl groups is 1. The number of hydrogen-bond donors (Lipinski definition) is 1. The minimum Gasteiger partial charge on any atom is -0.493 e. The summed E-state index contributed by atoms with van der Waals surface area (Å²) in [5.74, 6) is 0.0179. The van der Waals surface area contributed by atoms with E-state index in [1.807, 2.05) is 18.2 Å². The third-order valence-electron chi connectivity index (χ3n) is 2.47. The molecule has 0 amide bonds. The molecule has 0 bridgehead atoms. The van der Waals surface area contributed by atoms with E-state index < -0.39 is 5.82 Å². The van der Waals surface area contributed by atoms with Crippen LogP contribution in [0.25, 0.3) is 0 Å². The molecule has 2 rings (SSSR count). The lowest BCUT2D eigenvalue weighted by atomic mass is 10.2. The molecule has 3 nitrogen and oxygen atoms in total. The normalized spacial score (nSPS) is 10.3. The quantitative estimate of drug-likeness (QED) is 0.881. The maximum atomic E-state index is 13.2. The number of aliphatic hydroxyl groups excluding tert-OH is 1. The van der Waals surface area contributed by atoms with Crippen molar-refractivity contribution in [2.24, 2.45) is 0 Å². The van der Waals surface area contributed by atoms with Crippen molar-refractivity contribution in [2.45, 2.75) is 13.0 Å². The van der Waals surface area contributed by atoms with Gasteiger partial charge in [-0.1, -0.05) is 6.07 Å². The van der Waals surface area contributed by atoms with E-state index in [9.17, 15) is 4.39 Å². The molecule has 94 valence electrons. The molecular weight excluding hydrogens is 233 g/mol. The molecule has 0 aliphatic carbocycles. The summed E-state index contributed by atoms with van der Waals surface area (Å²) in [5.41, 5.74) is 1.43. The van der Waals surface area contributed by atoms with Gasteiger partial charge in [-0.3, -0.25) is 4.98 Å². The topological polar surface area (TPSA) is 42.4 Å². The van der Waals surface area contributed by atoms with Gasteiger partial charge in [0.05, 0.1) is 13.2 Å². The molecule has 0 saturated heterocycles. The first-order chi connectivity index (χ1) is 8.78. The maximum Gasteiger partial charge on any atom is 0.127 e. The first-order valence-corrected chi connectivity index (χ1v) is 5.71. The molecule has 1 aromatic heterocycles. The first-order valence-electron chi connectivity index (χ1n) is 5.71. The summed E-state index contributed by atoms with van der Waals surface area (Å²) in [4.78, 5) is 4.17. The lowest BCUT2D eigenvalue weighted by Gasteiger charge is -2.07. The Bertz CT molecular complexity index is 502. The van der Waals surface area contributed by atoms with Crippen molar-refractivity contribution in [3.8, 4) is 5.75 Å². The molecule has 0 atom stereocenters. The summed E-state index contributed by atoms with van der Waals surface area (Å²) in [6.07, 6.45) is 2.38. The molecule has 0 spiro atoms. The third-order valence-corrected chi connectivity index (χ3v) is 2.47. The van der Waals surface area contributed by atoms with Crippen LogP contribution in [0.5, 0.6) is 5.75 Å².